The zero-order valence-electron chi connectivity index (χ0n) is 11.8. The Kier molecular flexibility index (Phi) is 4.13. The van der Waals surface area contributed by atoms with Crippen LogP contribution in [0.4, 0.5) is 0 Å². The highest BCUT2D eigenvalue weighted by atomic mass is 16.3. The van der Waals surface area contributed by atoms with Crippen LogP contribution in [0.5, 0.6) is 0 Å². The van der Waals surface area contributed by atoms with Crippen molar-refractivity contribution < 1.29 is 5.11 Å². The van der Waals surface area contributed by atoms with Crippen molar-refractivity contribution >= 4 is 0 Å². The van der Waals surface area contributed by atoms with E-state index in [-0.39, 0.29) is 5.92 Å². The van der Waals surface area contributed by atoms with Crippen molar-refractivity contribution in [3.05, 3.63) is 108 Å². The average Bonchev–Trinajstić information content (AvgIpc) is 2.58. The van der Waals surface area contributed by atoms with Crippen LogP contribution in [0.1, 0.15) is 28.7 Å². The molecule has 1 atom stereocenters. The fourth-order valence-corrected chi connectivity index (χ4v) is 2.72. The Morgan fingerprint density at radius 3 is 1.19 bits per heavy atom. The van der Waals surface area contributed by atoms with E-state index >= 15 is 0 Å². The first-order valence-corrected chi connectivity index (χ1v) is 7.19. The van der Waals surface area contributed by atoms with Gasteiger partial charge in [0.25, 0.3) is 0 Å². The number of aliphatic hydroxyl groups is 1. The van der Waals surface area contributed by atoms with Crippen molar-refractivity contribution in [3.63, 3.8) is 0 Å². The summed E-state index contributed by atoms with van der Waals surface area (Å²) in [5.74, 6) is -0.0604. The molecule has 0 radical (unpaired) electrons. The average molecular weight is 274 g/mol. The van der Waals surface area contributed by atoms with Gasteiger partial charge in [0.05, 0.1) is 6.10 Å². The van der Waals surface area contributed by atoms with Crippen LogP contribution in [0.2, 0.25) is 0 Å². The SMILES string of the molecule is O[C@@H](c1ccccc1)C(c1ccccc1)c1ccccc1. The zero-order chi connectivity index (χ0) is 14.5. The molecule has 0 fully saturated rings. The maximum absolute atomic E-state index is 10.9. The second-order valence-electron chi connectivity index (χ2n) is 5.15. The lowest BCUT2D eigenvalue weighted by Gasteiger charge is -2.24. The van der Waals surface area contributed by atoms with Crippen molar-refractivity contribution in [1.82, 2.24) is 0 Å². The molecule has 1 nitrogen and oxygen atoms in total. The Morgan fingerprint density at radius 1 is 0.476 bits per heavy atom. The van der Waals surface area contributed by atoms with Crippen molar-refractivity contribution in [2.45, 2.75) is 12.0 Å². The summed E-state index contributed by atoms with van der Waals surface area (Å²) in [6.45, 7) is 0. The van der Waals surface area contributed by atoms with Crippen molar-refractivity contribution in [2.24, 2.45) is 0 Å². The minimum atomic E-state index is -0.559. The van der Waals surface area contributed by atoms with Gasteiger partial charge in [-0.05, 0) is 16.7 Å². The van der Waals surface area contributed by atoms with E-state index in [1.807, 2.05) is 66.7 Å². The third kappa shape index (κ3) is 3.04. The third-order valence-corrected chi connectivity index (χ3v) is 3.77. The largest absolute Gasteiger partial charge is 0.387 e. The molecule has 0 spiro atoms. The Labute approximate surface area is 125 Å². The first-order valence-electron chi connectivity index (χ1n) is 7.19. The fourth-order valence-electron chi connectivity index (χ4n) is 2.72. The topological polar surface area (TPSA) is 20.2 Å². The van der Waals surface area contributed by atoms with Gasteiger partial charge in [0, 0.05) is 5.92 Å². The summed E-state index contributed by atoms with van der Waals surface area (Å²) in [6, 6.07) is 30.2. The summed E-state index contributed by atoms with van der Waals surface area (Å²) in [4.78, 5) is 0. The van der Waals surface area contributed by atoms with Crippen LogP contribution in [0.3, 0.4) is 0 Å². The van der Waals surface area contributed by atoms with Crippen LogP contribution in [0.15, 0.2) is 91.0 Å². The Balaban J connectivity index is 2.05. The van der Waals surface area contributed by atoms with E-state index in [4.69, 9.17) is 0 Å². The van der Waals surface area contributed by atoms with E-state index < -0.39 is 6.10 Å². The minimum Gasteiger partial charge on any atom is -0.387 e. The molecule has 3 aromatic rings. The van der Waals surface area contributed by atoms with Gasteiger partial charge in [-0.3, -0.25) is 0 Å². The lowest BCUT2D eigenvalue weighted by Crippen LogP contribution is -2.12. The van der Waals surface area contributed by atoms with E-state index in [1.54, 1.807) is 0 Å². The number of rotatable bonds is 4. The molecule has 0 aliphatic heterocycles. The molecule has 1 heteroatoms. The van der Waals surface area contributed by atoms with Gasteiger partial charge in [-0.25, -0.2) is 0 Å². The molecule has 0 aromatic heterocycles. The summed E-state index contributed by atoms with van der Waals surface area (Å²) in [6.07, 6.45) is -0.559. The third-order valence-electron chi connectivity index (χ3n) is 3.77. The molecule has 0 saturated heterocycles. The van der Waals surface area contributed by atoms with Gasteiger partial charge >= 0.3 is 0 Å². The van der Waals surface area contributed by atoms with Gasteiger partial charge < -0.3 is 5.11 Å². The molecule has 0 unspecified atom stereocenters. The van der Waals surface area contributed by atoms with Gasteiger partial charge in [0.15, 0.2) is 0 Å². The highest BCUT2D eigenvalue weighted by molar-refractivity contribution is 5.36. The fraction of sp³-hybridized carbons (Fsp3) is 0.100. The second-order valence-corrected chi connectivity index (χ2v) is 5.15. The quantitative estimate of drug-likeness (QED) is 0.740. The molecular weight excluding hydrogens is 256 g/mol. The predicted octanol–water partition coefficient (Wildman–Crippen LogP) is 4.55. The highest BCUT2D eigenvalue weighted by Crippen LogP contribution is 2.36. The van der Waals surface area contributed by atoms with Gasteiger partial charge in [0.2, 0.25) is 0 Å². The Morgan fingerprint density at radius 2 is 0.810 bits per heavy atom. The standard InChI is InChI=1S/C20H18O/c21-20(18-14-8-3-9-15-18)19(16-10-4-1-5-11-16)17-12-6-2-7-13-17/h1-15,19-21H/t20-/m0/s1. The molecule has 0 amide bonds. The molecular formula is C20H18O. The highest BCUT2D eigenvalue weighted by Gasteiger charge is 2.24. The van der Waals surface area contributed by atoms with Gasteiger partial charge in [0.1, 0.15) is 0 Å². The molecule has 3 aromatic carbocycles. The van der Waals surface area contributed by atoms with E-state index in [9.17, 15) is 5.11 Å². The first-order chi connectivity index (χ1) is 10.4. The molecule has 1 N–H and O–H groups in total. The minimum absolute atomic E-state index is 0.0604. The van der Waals surface area contributed by atoms with Gasteiger partial charge in [-0.1, -0.05) is 91.0 Å². The number of aliphatic hydroxyl groups excluding tert-OH is 1. The van der Waals surface area contributed by atoms with Gasteiger partial charge in [-0.15, -0.1) is 0 Å². The van der Waals surface area contributed by atoms with Crippen LogP contribution in [0.25, 0.3) is 0 Å². The molecule has 0 aliphatic rings. The number of hydrogen-bond donors (Lipinski definition) is 1. The predicted molar refractivity (Wildman–Crippen MR) is 86.1 cm³/mol. The normalized spacial score (nSPS) is 12.3. The molecule has 0 saturated carbocycles. The van der Waals surface area contributed by atoms with Crippen LogP contribution in [0, 0.1) is 0 Å². The Hall–Kier alpha value is -2.38. The number of hydrogen-bond acceptors (Lipinski definition) is 1. The molecule has 104 valence electrons. The van der Waals surface area contributed by atoms with Crippen molar-refractivity contribution in [2.75, 3.05) is 0 Å². The van der Waals surface area contributed by atoms with Gasteiger partial charge in [-0.2, -0.15) is 0 Å². The second kappa shape index (κ2) is 6.38. The van der Waals surface area contributed by atoms with E-state index in [1.165, 1.54) is 0 Å². The molecule has 3 rings (SSSR count). The smallest absolute Gasteiger partial charge is 0.0899 e. The van der Waals surface area contributed by atoms with Crippen LogP contribution >= 0.6 is 0 Å². The first kappa shape index (κ1) is 13.6. The van der Waals surface area contributed by atoms with E-state index in [0.717, 1.165) is 16.7 Å². The Bertz CT molecular complexity index is 622. The zero-order valence-corrected chi connectivity index (χ0v) is 11.8. The molecule has 0 aliphatic carbocycles. The maximum atomic E-state index is 10.9. The van der Waals surface area contributed by atoms with Crippen LogP contribution < -0.4 is 0 Å². The lowest BCUT2D eigenvalue weighted by atomic mass is 9.84. The maximum Gasteiger partial charge on any atom is 0.0899 e. The van der Waals surface area contributed by atoms with Crippen LogP contribution in [-0.2, 0) is 0 Å². The summed E-state index contributed by atoms with van der Waals surface area (Å²) in [5.41, 5.74) is 3.19. The summed E-state index contributed by atoms with van der Waals surface area (Å²) >= 11 is 0. The van der Waals surface area contributed by atoms with Crippen molar-refractivity contribution in [3.8, 4) is 0 Å². The van der Waals surface area contributed by atoms with E-state index in [0.29, 0.717) is 0 Å². The summed E-state index contributed by atoms with van der Waals surface area (Å²) in [7, 11) is 0. The molecule has 21 heavy (non-hydrogen) atoms. The number of benzene rings is 3. The molecule has 0 heterocycles. The van der Waals surface area contributed by atoms with E-state index in [2.05, 4.69) is 24.3 Å². The lowest BCUT2D eigenvalue weighted by molar-refractivity contribution is 0.159. The summed E-state index contributed by atoms with van der Waals surface area (Å²) < 4.78 is 0. The summed E-state index contributed by atoms with van der Waals surface area (Å²) in [5, 5.41) is 10.9. The van der Waals surface area contributed by atoms with Crippen LogP contribution in [-0.4, -0.2) is 5.11 Å². The van der Waals surface area contributed by atoms with Crippen molar-refractivity contribution in [1.29, 1.82) is 0 Å². The monoisotopic (exact) mass is 274 g/mol. The molecule has 0 bridgehead atoms.